The van der Waals surface area contributed by atoms with Gasteiger partial charge in [0.25, 0.3) is 0 Å². The first kappa shape index (κ1) is 25.9. The summed E-state index contributed by atoms with van der Waals surface area (Å²) in [5.41, 5.74) is 2.00. The minimum Gasteiger partial charge on any atom is -0.497 e. The highest BCUT2D eigenvalue weighted by molar-refractivity contribution is 6.04. The molecule has 1 atom stereocenters. The number of benzene rings is 2. The molecule has 1 heterocycles. The van der Waals surface area contributed by atoms with Gasteiger partial charge in [0.05, 0.1) is 44.2 Å². The lowest BCUT2D eigenvalue weighted by molar-refractivity contribution is -0.143. The van der Waals surface area contributed by atoms with Crippen LogP contribution in [-0.4, -0.2) is 38.9 Å². The SMILES string of the molecule is CCCCCOc1ccc(C2NC(=O)NC(c3ccc(OC)cc3)=C2C(=O)OC(C)C)cc1OC. The molecule has 0 aromatic heterocycles. The van der Waals surface area contributed by atoms with Crippen molar-refractivity contribution in [2.75, 3.05) is 20.8 Å². The summed E-state index contributed by atoms with van der Waals surface area (Å²) in [5, 5.41) is 5.65. The van der Waals surface area contributed by atoms with Crippen molar-refractivity contribution in [1.29, 1.82) is 0 Å². The van der Waals surface area contributed by atoms with E-state index >= 15 is 0 Å². The number of ether oxygens (including phenoxy) is 4. The maximum Gasteiger partial charge on any atom is 0.338 e. The molecule has 2 N–H and O–H groups in total. The van der Waals surface area contributed by atoms with Crippen LogP contribution in [0.15, 0.2) is 48.0 Å². The molecule has 0 fully saturated rings. The molecule has 0 aliphatic carbocycles. The fraction of sp³-hybridized carbons (Fsp3) is 0.407. The van der Waals surface area contributed by atoms with Crippen LogP contribution in [0.4, 0.5) is 4.79 Å². The van der Waals surface area contributed by atoms with Gasteiger partial charge in [-0.2, -0.15) is 0 Å². The van der Waals surface area contributed by atoms with Gasteiger partial charge in [0.2, 0.25) is 0 Å². The summed E-state index contributed by atoms with van der Waals surface area (Å²) in [5.74, 6) is 1.27. The molecule has 1 aliphatic rings. The summed E-state index contributed by atoms with van der Waals surface area (Å²) in [6.07, 6.45) is 2.80. The second-order valence-corrected chi connectivity index (χ2v) is 8.47. The molecule has 0 bridgehead atoms. The fourth-order valence-electron chi connectivity index (χ4n) is 3.81. The number of hydrogen-bond donors (Lipinski definition) is 2. The number of unbranched alkanes of at least 4 members (excludes halogenated alkanes) is 2. The van der Waals surface area contributed by atoms with Gasteiger partial charge >= 0.3 is 12.0 Å². The molecule has 0 radical (unpaired) electrons. The Bertz CT molecular complexity index is 1060. The van der Waals surface area contributed by atoms with Gasteiger partial charge in [0, 0.05) is 0 Å². The predicted octanol–water partition coefficient (Wildman–Crippen LogP) is 4.99. The van der Waals surface area contributed by atoms with Gasteiger partial charge in [-0.05, 0) is 67.8 Å². The summed E-state index contributed by atoms with van der Waals surface area (Å²) in [6, 6.07) is 11.3. The van der Waals surface area contributed by atoms with Gasteiger partial charge in [0.15, 0.2) is 11.5 Å². The molecule has 2 amide bonds. The topological polar surface area (TPSA) is 95.1 Å². The van der Waals surface area contributed by atoms with E-state index in [1.165, 1.54) is 0 Å². The van der Waals surface area contributed by atoms with E-state index in [0.717, 1.165) is 19.3 Å². The summed E-state index contributed by atoms with van der Waals surface area (Å²) >= 11 is 0. The number of urea groups is 1. The van der Waals surface area contributed by atoms with E-state index < -0.39 is 18.0 Å². The van der Waals surface area contributed by atoms with Gasteiger partial charge in [-0.15, -0.1) is 0 Å². The van der Waals surface area contributed by atoms with Crippen molar-refractivity contribution in [2.45, 2.75) is 52.2 Å². The number of nitrogens with one attached hydrogen (secondary N) is 2. The molecule has 1 aliphatic heterocycles. The molecule has 8 nitrogen and oxygen atoms in total. The first-order valence-corrected chi connectivity index (χ1v) is 11.9. The lowest BCUT2D eigenvalue weighted by atomic mass is 9.92. The minimum atomic E-state index is -0.754. The third-order valence-electron chi connectivity index (χ3n) is 5.54. The average molecular weight is 483 g/mol. The largest absolute Gasteiger partial charge is 0.497 e. The predicted molar refractivity (Wildman–Crippen MR) is 134 cm³/mol. The maximum absolute atomic E-state index is 13.3. The van der Waals surface area contributed by atoms with Crippen LogP contribution in [0.5, 0.6) is 17.2 Å². The first-order valence-electron chi connectivity index (χ1n) is 11.9. The van der Waals surface area contributed by atoms with Crippen molar-refractivity contribution >= 4 is 17.7 Å². The van der Waals surface area contributed by atoms with Crippen molar-refractivity contribution < 1.29 is 28.5 Å². The standard InChI is InChI=1S/C27H34N2O6/c1-6-7-8-15-34-21-14-11-19(16-22(21)33-5)25-23(26(30)35-17(2)3)24(28-27(31)29-25)18-9-12-20(32-4)13-10-18/h9-14,16-17,25H,6-8,15H2,1-5H3,(H2,28,29,31). The highest BCUT2D eigenvalue weighted by Gasteiger charge is 2.35. The monoisotopic (exact) mass is 482 g/mol. The Balaban J connectivity index is 2.05. The molecular formula is C27H34N2O6. The van der Waals surface area contributed by atoms with Crippen LogP contribution in [0.2, 0.25) is 0 Å². The zero-order valence-electron chi connectivity index (χ0n) is 21.0. The molecule has 2 aromatic rings. The summed E-state index contributed by atoms with van der Waals surface area (Å²) < 4.78 is 22.3. The Labute approximate surface area is 206 Å². The van der Waals surface area contributed by atoms with Crippen molar-refractivity contribution in [3.05, 3.63) is 59.2 Å². The Morgan fingerprint density at radius 1 is 1.00 bits per heavy atom. The van der Waals surface area contributed by atoms with Crippen LogP contribution in [0, 0.1) is 0 Å². The molecule has 188 valence electrons. The quantitative estimate of drug-likeness (QED) is 0.346. The summed E-state index contributed by atoms with van der Waals surface area (Å²) in [4.78, 5) is 26.0. The summed E-state index contributed by atoms with van der Waals surface area (Å²) in [6.45, 7) is 6.28. The van der Waals surface area contributed by atoms with E-state index in [2.05, 4.69) is 17.6 Å². The Morgan fingerprint density at radius 3 is 2.37 bits per heavy atom. The van der Waals surface area contributed by atoms with Crippen molar-refractivity contribution in [2.24, 2.45) is 0 Å². The van der Waals surface area contributed by atoms with E-state index in [0.29, 0.717) is 46.3 Å². The van der Waals surface area contributed by atoms with Crippen molar-refractivity contribution in [1.82, 2.24) is 10.6 Å². The number of amides is 2. The first-order chi connectivity index (χ1) is 16.9. The number of carbonyl (C=O) groups is 2. The van der Waals surface area contributed by atoms with Crippen LogP contribution in [0.25, 0.3) is 5.70 Å². The van der Waals surface area contributed by atoms with Crippen molar-refractivity contribution in [3.8, 4) is 17.2 Å². The zero-order chi connectivity index (χ0) is 25.4. The molecule has 1 unspecified atom stereocenters. The van der Waals surface area contributed by atoms with E-state index in [1.807, 2.05) is 6.07 Å². The Kier molecular flexibility index (Phi) is 9.00. The van der Waals surface area contributed by atoms with E-state index in [-0.39, 0.29) is 6.10 Å². The lowest BCUT2D eigenvalue weighted by Gasteiger charge is -2.30. The number of esters is 1. The Hall–Kier alpha value is -3.68. The lowest BCUT2D eigenvalue weighted by Crippen LogP contribution is -2.45. The van der Waals surface area contributed by atoms with Gasteiger partial charge in [-0.3, -0.25) is 0 Å². The highest BCUT2D eigenvalue weighted by atomic mass is 16.5. The number of hydrogen-bond acceptors (Lipinski definition) is 6. The molecule has 8 heteroatoms. The van der Waals surface area contributed by atoms with E-state index in [1.54, 1.807) is 64.5 Å². The highest BCUT2D eigenvalue weighted by Crippen LogP contribution is 2.37. The average Bonchev–Trinajstić information content (AvgIpc) is 2.85. The fourth-order valence-corrected chi connectivity index (χ4v) is 3.81. The smallest absolute Gasteiger partial charge is 0.338 e. The third kappa shape index (κ3) is 6.47. The molecule has 0 saturated heterocycles. The van der Waals surface area contributed by atoms with Crippen molar-refractivity contribution in [3.63, 3.8) is 0 Å². The minimum absolute atomic E-state index is 0.294. The van der Waals surface area contributed by atoms with Gasteiger partial charge < -0.3 is 29.6 Å². The van der Waals surface area contributed by atoms with Crippen LogP contribution >= 0.6 is 0 Å². The number of methoxy groups -OCH3 is 2. The molecule has 0 spiro atoms. The number of carbonyl (C=O) groups excluding carboxylic acids is 2. The summed E-state index contributed by atoms with van der Waals surface area (Å²) in [7, 11) is 3.14. The molecule has 2 aromatic carbocycles. The zero-order valence-corrected chi connectivity index (χ0v) is 21.0. The number of rotatable bonds is 11. The van der Waals surface area contributed by atoms with Gasteiger partial charge in [-0.25, -0.2) is 9.59 Å². The molecule has 35 heavy (non-hydrogen) atoms. The van der Waals surface area contributed by atoms with Gasteiger partial charge in [-0.1, -0.05) is 25.8 Å². The normalized spacial score (nSPS) is 15.4. The van der Waals surface area contributed by atoms with E-state index in [4.69, 9.17) is 18.9 Å². The second kappa shape index (κ2) is 12.1. The van der Waals surface area contributed by atoms with Crippen LogP contribution in [0.3, 0.4) is 0 Å². The third-order valence-corrected chi connectivity index (χ3v) is 5.54. The van der Waals surface area contributed by atoms with Crippen LogP contribution in [-0.2, 0) is 9.53 Å². The maximum atomic E-state index is 13.3. The van der Waals surface area contributed by atoms with Crippen LogP contribution in [0.1, 0.15) is 57.2 Å². The Morgan fingerprint density at radius 2 is 1.74 bits per heavy atom. The second-order valence-electron chi connectivity index (χ2n) is 8.47. The van der Waals surface area contributed by atoms with Gasteiger partial charge in [0.1, 0.15) is 5.75 Å². The van der Waals surface area contributed by atoms with E-state index in [9.17, 15) is 9.59 Å². The molecule has 0 saturated carbocycles. The molecule has 3 rings (SSSR count). The van der Waals surface area contributed by atoms with Crippen LogP contribution < -0.4 is 24.8 Å². The molecular weight excluding hydrogens is 448 g/mol.